The standard InChI is InChI=1S/C43H47N3O11/c47-21-35-38(51)39(52)40(53)42(57-35)56-34-18-31-28(17-33(34)49)29(19-43-14-4-3-6-26(43)11-10-24-5-1-2-7-30(24)43)37(41(54)55)46(31)36(50)13-9-23-8-12-32(48)25(15-23)16-27-20-44-22-45-27/h1-2,5,7-9,12-13,15,17-18,20,26,29,35,37-40,42,47-49,51-53H,3-4,6,10-11,14,16,19,21-22H2,(H,54,55). The molecule has 1 saturated heterocycles. The van der Waals surface area contributed by atoms with Gasteiger partial charge in [0.25, 0.3) is 5.91 Å². The number of aryl methyl sites for hydroxylation is 1. The Balaban J connectivity index is 1.19. The topological polar surface area (TPSA) is 222 Å². The molecule has 3 aromatic rings. The van der Waals surface area contributed by atoms with Crippen LogP contribution in [0.1, 0.15) is 72.3 Å². The maximum Gasteiger partial charge on any atom is 0.327 e. The van der Waals surface area contributed by atoms with Gasteiger partial charge in [0.05, 0.1) is 18.0 Å². The number of hydrogen-bond donors (Lipinski definition) is 7. The molecule has 300 valence electrons. The number of fused-ring (bicyclic) bond motifs is 4. The average Bonchev–Trinajstić information content (AvgIpc) is 3.84. The first kappa shape index (κ1) is 38.7. The fourth-order valence-corrected chi connectivity index (χ4v) is 9.85. The van der Waals surface area contributed by atoms with Crippen molar-refractivity contribution in [3.8, 4) is 17.2 Å². The van der Waals surface area contributed by atoms with Crippen molar-refractivity contribution < 1.29 is 54.8 Å². The van der Waals surface area contributed by atoms with Gasteiger partial charge in [0.1, 0.15) is 42.9 Å². The molecule has 3 aromatic carbocycles. The third-order valence-corrected chi connectivity index (χ3v) is 12.6. The van der Waals surface area contributed by atoms with Crippen molar-refractivity contribution in [3.63, 3.8) is 0 Å². The molecule has 7 N–H and O–H groups in total. The molecule has 8 rings (SSSR count). The maximum absolute atomic E-state index is 14.5. The van der Waals surface area contributed by atoms with Gasteiger partial charge in [-0.1, -0.05) is 43.2 Å². The normalized spacial score (nSPS) is 30.5. The lowest BCUT2D eigenvalue weighted by molar-refractivity contribution is -0.277. The molecule has 14 nitrogen and oxygen atoms in total. The van der Waals surface area contributed by atoms with E-state index in [2.05, 4.69) is 22.1 Å². The number of aliphatic imine (C=N–C) groups is 2. The van der Waals surface area contributed by atoms with Crippen LogP contribution < -0.4 is 9.64 Å². The lowest BCUT2D eigenvalue weighted by Crippen LogP contribution is -2.60. The lowest BCUT2D eigenvalue weighted by Gasteiger charge is -2.50. The molecule has 0 aromatic heterocycles. The predicted molar refractivity (Wildman–Crippen MR) is 209 cm³/mol. The van der Waals surface area contributed by atoms with Crippen LogP contribution in [0.25, 0.3) is 6.08 Å². The number of nitrogens with zero attached hydrogens (tertiary/aromatic N) is 3. The number of phenolic OH excluding ortho intramolecular Hbond substituents is 2. The zero-order chi connectivity index (χ0) is 40.0. The number of rotatable bonds is 10. The van der Waals surface area contributed by atoms with Crippen LogP contribution in [0.3, 0.4) is 0 Å². The number of aromatic hydroxyl groups is 2. The van der Waals surface area contributed by atoms with Crippen LogP contribution in [0.2, 0.25) is 0 Å². The van der Waals surface area contributed by atoms with E-state index in [0.717, 1.165) is 38.5 Å². The van der Waals surface area contributed by atoms with Gasteiger partial charge >= 0.3 is 5.97 Å². The number of benzene rings is 3. The zero-order valence-corrected chi connectivity index (χ0v) is 31.2. The highest BCUT2D eigenvalue weighted by Crippen LogP contribution is 2.58. The Labute approximate surface area is 329 Å². The minimum atomic E-state index is -1.78. The second-order valence-electron chi connectivity index (χ2n) is 15.8. The molecule has 3 heterocycles. The largest absolute Gasteiger partial charge is 0.508 e. The highest BCUT2D eigenvalue weighted by Gasteiger charge is 2.53. The number of amides is 1. The van der Waals surface area contributed by atoms with Crippen molar-refractivity contribution in [2.45, 2.75) is 99.4 Å². The summed E-state index contributed by atoms with van der Waals surface area (Å²) in [6.45, 7) is -0.371. The summed E-state index contributed by atoms with van der Waals surface area (Å²) >= 11 is 0. The van der Waals surface area contributed by atoms with E-state index in [-0.39, 0.29) is 22.6 Å². The first-order chi connectivity index (χ1) is 27.5. The molecule has 9 unspecified atom stereocenters. The summed E-state index contributed by atoms with van der Waals surface area (Å²) in [7, 11) is 0. The van der Waals surface area contributed by atoms with E-state index >= 15 is 0 Å². The van der Waals surface area contributed by atoms with Crippen molar-refractivity contribution >= 4 is 35.6 Å². The highest BCUT2D eigenvalue weighted by molar-refractivity contribution is 6.32. The second-order valence-corrected chi connectivity index (χ2v) is 15.8. The first-order valence-corrected chi connectivity index (χ1v) is 19.5. The average molecular weight is 782 g/mol. The highest BCUT2D eigenvalue weighted by atomic mass is 16.7. The summed E-state index contributed by atoms with van der Waals surface area (Å²) in [4.78, 5) is 37.6. The fourth-order valence-electron chi connectivity index (χ4n) is 9.85. The van der Waals surface area contributed by atoms with Crippen LogP contribution in [0.5, 0.6) is 17.2 Å². The molecule has 9 atom stereocenters. The maximum atomic E-state index is 14.5. The van der Waals surface area contributed by atoms with Crippen LogP contribution in [-0.2, 0) is 32.6 Å². The van der Waals surface area contributed by atoms with Crippen molar-refractivity contribution in [2.24, 2.45) is 15.9 Å². The number of carboxylic acids is 1. The molecule has 14 heteroatoms. The van der Waals surface area contributed by atoms with Gasteiger partial charge < -0.3 is 45.2 Å². The number of anilines is 1. The number of aliphatic hydroxyl groups is 4. The minimum absolute atomic E-state index is 0.0557. The molecule has 0 spiro atoms. The summed E-state index contributed by atoms with van der Waals surface area (Å²) in [6.07, 6.45) is 2.90. The summed E-state index contributed by atoms with van der Waals surface area (Å²) in [6, 6.07) is 14.6. The van der Waals surface area contributed by atoms with Gasteiger partial charge in [0, 0.05) is 36.3 Å². The molecule has 0 radical (unpaired) electrons. The number of carboxylic acid groups (broad SMARTS) is 1. The fraction of sp³-hybridized carbons (Fsp3) is 0.442. The van der Waals surface area contributed by atoms with E-state index in [4.69, 9.17) is 9.47 Å². The molecule has 2 aliphatic carbocycles. The molecular formula is C43H47N3O11. The molecule has 1 amide bonds. The Bertz CT molecular complexity index is 2130. The molecule has 2 fully saturated rings. The molecular weight excluding hydrogens is 734 g/mol. The Hall–Kier alpha value is -5.12. The lowest BCUT2D eigenvalue weighted by atomic mass is 9.54. The van der Waals surface area contributed by atoms with E-state index in [9.17, 15) is 45.3 Å². The third-order valence-electron chi connectivity index (χ3n) is 12.6. The van der Waals surface area contributed by atoms with Crippen molar-refractivity contribution in [1.29, 1.82) is 0 Å². The quantitative estimate of drug-likeness (QED) is 0.148. The van der Waals surface area contributed by atoms with Gasteiger partial charge in [-0.25, -0.2) is 4.79 Å². The monoisotopic (exact) mass is 781 g/mol. The van der Waals surface area contributed by atoms with Crippen LogP contribution in [0.4, 0.5) is 5.69 Å². The van der Waals surface area contributed by atoms with Crippen molar-refractivity contribution in [2.75, 3.05) is 18.2 Å². The molecule has 57 heavy (non-hydrogen) atoms. The number of carbonyl (C=O) groups excluding carboxylic acids is 1. The van der Waals surface area contributed by atoms with Gasteiger partial charge in [-0.3, -0.25) is 19.7 Å². The van der Waals surface area contributed by atoms with Crippen molar-refractivity contribution in [1.82, 2.24) is 0 Å². The number of phenols is 2. The Morgan fingerprint density at radius 2 is 1.81 bits per heavy atom. The smallest absolute Gasteiger partial charge is 0.327 e. The Morgan fingerprint density at radius 1 is 0.982 bits per heavy atom. The molecule has 3 aliphatic heterocycles. The SMILES string of the molecule is O=C(O)C1C(CC23CCCCC2CCc2ccccc23)c2cc(O)c(OC3OC(CO)C(O)C(O)C3O)cc2N1C(=O)C=Cc1ccc(O)c(CC2=NCN=C2)c1. The van der Waals surface area contributed by atoms with Gasteiger partial charge in [-0.2, -0.15) is 0 Å². The summed E-state index contributed by atoms with van der Waals surface area (Å²) in [5.41, 5.74) is 4.56. The summed E-state index contributed by atoms with van der Waals surface area (Å²) < 4.78 is 11.4. The second kappa shape index (κ2) is 15.7. The Kier molecular flexibility index (Phi) is 10.7. The summed E-state index contributed by atoms with van der Waals surface area (Å²) in [5, 5.41) is 74.2. The van der Waals surface area contributed by atoms with E-state index < -0.39 is 66.9 Å². The van der Waals surface area contributed by atoms with Crippen molar-refractivity contribution in [3.05, 3.63) is 88.5 Å². The van der Waals surface area contributed by atoms with Gasteiger partial charge in [0.15, 0.2) is 11.5 Å². The minimum Gasteiger partial charge on any atom is -0.508 e. The molecule has 0 bridgehead atoms. The van der Waals surface area contributed by atoms with Crippen LogP contribution in [0, 0.1) is 5.92 Å². The molecule has 5 aliphatic rings. The first-order valence-electron chi connectivity index (χ1n) is 19.5. The number of ether oxygens (including phenoxy) is 2. The van der Waals surface area contributed by atoms with E-state index in [0.29, 0.717) is 47.8 Å². The number of aliphatic carboxylic acids is 1. The van der Waals surface area contributed by atoms with Gasteiger partial charge in [0.2, 0.25) is 6.29 Å². The van der Waals surface area contributed by atoms with E-state index in [1.54, 1.807) is 24.4 Å². The number of carbonyl (C=O) groups is 2. The van der Waals surface area contributed by atoms with Gasteiger partial charge in [-0.05, 0) is 90.0 Å². The third kappa shape index (κ3) is 7.10. The molecule has 1 saturated carbocycles. The zero-order valence-electron chi connectivity index (χ0n) is 31.2. The van der Waals surface area contributed by atoms with Crippen LogP contribution in [-0.4, -0.2) is 110 Å². The van der Waals surface area contributed by atoms with Crippen LogP contribution >= 0.6 is 0 Å². The number of hydrogen-bond acceptors (Lipinski definition) is 12. The number of aliphatic hydroxyl groups excluding tert-OH is 4. The van der Waals surface area contributed by atoms with Crippen LogP contribution in [0.15, 0.2) is 70.7 Å². The Morgan fingerprint density at radius 3 is 2.58 bits per heavy atom. The van der Waals surface area contributed by atoms with E-state index in [1.807, 2.05) is 12.1 Å². The predicted octanol–water partition coefficient (Wildman–Crippen LogP) is 3.36. The van der Waals surface area contributed by atoms with E-state index in [1.165, 1.54) is 40.3 Å². The van der Waals surface area contributed by atoms with Gasteiger partial charge in [-0.15, -0.1) is 0 Å². The summed E-state index contributed by atoms with van der Waals surface area (Å²) in [5.74, 6) is -2.96.